The molecule has 8 heteroatoms. The summed E-state index contributed by atoms with van der Waals surface area (Å²) in [6.45, 7) is 3.57. The first-order chi connectivity index (χ1) is 11.9. The highest BCUT2D eigenvalue weighted by Gasteiger charge is 2.27. The quantitative estimate of drug-likeness (QED) is 0.617. The van der Waals surface area contributed by atoms with Crippen LogP contribution >= 0.6 is 11.6 Å². The molecule has 1 aromatic rings. The molecule has 0 saturated carbocycles. The van der Waals surface area contributed by atoms with Crippen LogP contribution in [0.3, 0.4) is 0 Å². The fourth-order valence-corrected chi connectivity index (χ4v) is 3.15. The number of benzene rings is 1. The molecule has 1 fully saturated rings. The van der Waals surface area contributed by atoms with E-state index in [1.165, 1.54) is 18.2 Å². The molecule has 1 atom stereocenters. The Balaban J connectivity index is 2.03. The smallest absolute Gasteiger partial charge is 0.270 e. The van der Waals surface area contributed by atoms with Crippen LogP contribution in [-0.4, -0.2) is 41.3 Å². The third-order valence-corrected chi connectivity index (χ3v) is 4.59. The predicted octanol–water partition coefficient (Wildman–Crippen LogP) is 3.02. The van der Waals surface area contributed by atoms with Crippen molar-refractivity contribution in [2.45, 2.75) is 32.6 Å². The van der Waals surface area contributed by atoms with E-state index >= 15 is 0 Å². The lowest BCUT2D eigenvalue weighted by Crippen LogP contribution is -2.43. The van der Waals surface area contributed by atoms with Gasteiger partial charge in [0.1, 0.15) is 0 Å². The molecular formula is C17H22ClN3O4. The zero-order valence-electron chi connectivity index (χ0n) is 14.2. The maximum atomic E-state index is 12.7. The molecule has 0 radical (unpaired) electrons. The summed E-state index contributed by atoms with van der Waals surface area (Å²) >= 11 is 6.06. The molecule has 0 bridgehead atoms. The molecule has 136 valence electrons. The van der Waals surface area contributed by atoms with E-state index in [0.717, 1.165) is 19.3 Å². The third-order valence-electron chi connectivity index (χ3n) is 4.26. The molecule has 1 N–H and O–H groups in total. The van der Waals surface area contributed by atoms with Gasteiger partial charge in [-0.05, 0) is 31.2 Å². The topological polar surface area (TPSA) is 92.6 Å². The maximum absolute atomic E-state index is 12.7. The first-order valence-corrected chi connectivity index (χ1v) is 8.80. The average molecular weight is 368 g/mol. The van der Waals surface area contributed by atoms with Crippen LogP contribution in [-0.2, 0) is 4.79 Å². The van der Waals surface area contributed by atoms with Crippen LogP contribution in [0.2, 0.25) is 5.02 Å². The second kappa shape index (κ2) is 8.80. The number of nitrogens with one attached hydrogen (secondary N) is 1. The Hall–Kier alpha value is -2.15. The number of piperidine rings is 1. The summed E-state index contributed by atoms with van der Waals surface area (Å²) in [5.74, 6) is -0.109. The van der Waals surface area contributed by atoms with Gasteiger partial charge in [0, 0.05) is 38.2 Å². The minimum atomic E-state index is -0.546. The van der Waals surface area contributed by atoms with Crippen molar-refractivity contribution in [3.63, 3.8) is 0 Å². The number of nitrogens with zero attached hydrogens (tertiary/aromatic N) is 2. The number of nitro benzene ring substituents is 1. The van der Waals surface area contributed by atoms with Crippen LogP contribution < -0.4 is 5.32 Å². The molecule has 1 heterocycles. The van der Waals surface area contributed by atoms with Gasteiger partial charge in [-0.1, -0.05) is 18.5 Å². The number of hydrogen-bond donors (Lipinski definition) is 1. The number of rotatable bonds is 6. The molecular weight excluding hydrogens is 346 g/mol. The van der Waals surface area contributed by atoms with E-state index in [9.17, 15) is 19.7 Å². The van der Waals surface area contributed by atoms with Crippen LogP contribution in [0.15, 0.2) is 18.2 Å². The van der Waals surface area contributed by atoms with E-state index in [4.69, 9.17) is 11.6 Å². The number of amides is 2. The van der Waals surface area contributed by atoms with Crippen molar-refractivity contribution in [2.75, 3.05) is 19.6 Å². The molecule has 1 unspecified atom stereocenters. The van der Waals surface area contributed by atoms with Crippen molar-refractivity contribution >= 4 is 29.1 Å². The largest absolute Gasteiger partial charge is 0.356 e. The van der Waals surface area contributed by atoms with E-state index in [1.54, 1.807) is 4.90 Å². The summed E-state index contributed by atoms with van der Waals surface area (Å²) in [7, 11) is 0. The summed E-state index contributed by atoms with van der Waals surface area (Å²) in [5.41, 5.74) is -0.0142. The number of hydrogen-bond acceptors (Lipinski definition) is 4. The van der Waals surface area contributed by atoms with Gasteiger partial charge in [0.05, 0.1) is 15.5 Å². The Labute approximate surface area is 151 Å². The zero-order chi connectivity index (χ0) is 18.4. The van der Waals surface area contributed by atoms with E-state index in [2.05, 4.69) is 5.32 Å². The Kier molecular flexibility index (Phi) is 6.75. The highest BCUT2D eigenvalue weighted by atomic mass is 35.5. The molecule has 1 aromatic carbocycles. The van der Waals surface area contributed by atoms with Crippen LogP contribution in [0.5, 0.6) is 0 Å². The first-order valence-electron chi connectivity index (χ1n) is 8.42. The molecule has 0 aromatic heterocycles. The van der Waals surface area contributed by atoms with E-state index in [0.29, 0.717) is 26.1 Å². The van der Waals surface area contributed by atoms with Gasteiger partial charge in [0.2, 0.25) is 5.91 Å². The second-order valence-electron chi connectivity index (χ2n) is 6.23. The lowest BCUT2D eigenvalue weighted by molar-refractivity contribution is -0.384. The van der Waals surface area contributed by atoms with Gasteiger partial charge in [0.25, 0.3) is 11.6 Å². The van der Waals surface area contributed by atoms with Crippen LogP contribution in [0.4, 0.5) is 5.69 Å². The lowest BCUT2D eigenvalue weighted by Gasteiger charge is -2.33. The van der Waals surface area contributed by atoms with Crippen molar-refractivity contribution in [3.05, 3.63) is 38.9 Å². The highest BCUT2D eigenvalue weighted by molar-refractivity contribution is 6.33. The van der Waals surface area contributed by atoms with Gasteiger partial charge in [-0.3, -0.25) is 19.7 Å². The minimum Gasteiger partial charge on any atom is -0.356 e. The molecule has 0 spiro atoms. The molecule has 7 nitrogen and oxygen atoms in total. The van der Waals surface area contributed by atoms with E-state index in [-0.39, 0.29) is 34.0 Å². The molecule has 0 aliphatic carbocycles. The third kappa shape index (κ3) is 5.16. The predicted molar refractivity (Wildman–Crippen MR) is 94.7 cm³/mol. The van der Waals surface area contributed by atoms with Crippen LogP contribution in [0, 0.1) is 16.0 Å². The summed E-state index contributed by atoms with van der Waals surface area (Å²) in [4.78, 5) is 36.3. The van der Waals surface area contributed by atoms with Gasteiger partial charge in [-0.2, -0.15) is 0 Å². The van der Waals surface area contributed by atoms with Gasteiger partial charge < -0.3 is 10.2 Å². The zero-order valence-corrected chi connectivity index (χ0v) is 14.9. The monoisotopic (exact) mass is 367 g/mol. The average Bonchev–Trinajstić information content (AvgIpc) is 2.60. The number of carbonyl (C=O) groups is 2. The SMILES string of the molecule is CCCC(=O)NCC1CCCN(C(=O)c2cc([N+](=O)[O-])ccc2Cl)C1. The fourth-order valence-electron chi connectivity index (χ4n) is 2.95. The molecule has 1 aliphatic heterocycles. The van der Waals surface area contributed by atoms with E-state index in [1.807, 2.05) is 6.92 Å². The van der Waals surface area contributed by atoms with Crippen molar-refractivity contribution in [2.24, 2.45) is 5.92 Å². The second-order valence-corrected chi connectivity index (χ2v) is 6.64. The van der Waals surface area contributed by atoms with Crippen molar-refractivity contribution in [1.82, 2.24) is 10.2 Å². The Bertz CT molecular complexity index is 665. The Morgan fingerprint density at radius 2 is 2.20 bits per heavy atom. The van der Waals surface area contributed by atoms with Gasteiger partial charge in [-0.25, -0.2) is 0 Å². The number of likely N-dealkylation sites (tertiary alicyclic amines) is 1. The van der Waals surface area contributed by atoms with E-state index < -0.39 is 4.92 Å². The normalized spacial score (nSPS) is 17.2. The molecule has 1 aliphatic rings. The van der Waals surface area contributed by atoms with Crippen molar-refractivity contribution < 1.29 is 14.5 Å². The number of non-ortho nitro benzene ring substituents is 1. The van der Waals surface area contributed by atoms with Crippen LogP contribution in [0.25, 0.3) is 0 Å². The number of halogens is 1. The van der Waals surface area contributed by atoms with Crippen molar-refractivity contribution in [1.29, 1.82) is 0 Å². The number of carbonyl (C=O) groups excluding carboxylic acids is 2. The van der Waals surface area contributed by atoms with Gasteiger partial charge in [0.15, 0.2) is 0 Å². The van der Waals surface area contributed by atoms with Crippen LogP contribution in [0.1, 0.15) is 43.0 Å². The van der Waals surface area contributed by atoms with Crippen molar-refractivity contribution in [3.8, 4) is 0 Å². The molecule has 1 saturated heterocycles. The summed E-state index contributed by atoms with van der Waals surface area (Å²) in [6, 6.07) is 3.87. The molecule has 2 amide bonds. The summed E-state index contributed by atoms with van der Waals surface area (Å²) < 4.78 is 0. The summed E-state index contributed by atoms with van der Waals surface area (Å²) in [6.07, 6.45) is 3.05. The fraction of sp³-hybridized carbons (Fsp3) is 0.529. The Morgan fingerprint density at radius 3 is 2.88 bits per heavy atom. The van der Waals surface area contributed by atoms with Gasteiger partial charge in [-0.15, -0.1) is 0 Å². The van der Waals surface area contributed by atoms with Gasteiger partial charge >= 0.3 is 0 Å². The minimum absolute atomic E-state index is 0.0210. The lowest BCUT2D eigenvalue weighted by atomic mass is 9.97. The number of nitro groups is 1. The maximum Gasteiger partial charge on any atom is 0.270 e. The first kappa shape index (κ1) is 19.2. The molecule has 2 rings (SSSR count). The highest BCUT2D eigenvalue weighted by Crippen LogP contribution is 2.25. The summed E-state index contributed by atoms with van der Waals surface area (Å²) in [5, 5.41) is 14.0. The molecule has 25 heavy (non-hydrogen) atoms. The standard InChI is InChI=1S/C17H22ClN3O4/c1-2-4-16(22)19-10-12-5-3-8-20(11-12)17(23)14-9-13(21(24)25)6-7-15(14)18/h6-7,9,12H,2-5,8,10-11H2,1H3,(H,19,22). The Morgan fingerprint density at radius 1 is 1.44 bits per heavy atom.